The van der Waals surface area contributed by atoms with Gasteiger partial charge in [-0.15, -0.1) is 24.0 Å². The predicted molar refractivity (Wildman–Crippen MR) is 121 cm³/mol. The molecule has 7 heteroatoms. The summed E-state index contributed by atoms with van der Waals surface area (Å²) in [7, 11) is 1.71. The molecule has 1 aromatic rings. The van der Waals surface area contributed by atoms with Crippen LogP contribution in [0.25, 0.3) is 0 Å². The van der Waals surface area contributed by atoms with Gasteiger partial charge in [0, 0.05) is 24.7 Å². The van der Waals surface area contributed by atoms with E-state index in [1.54, 1.807) is 7.11 Å². The van der Waals surface area contributed by atoms with Gasteiger partial charge in [0.2, 0.25) is 0 Å². The third-order valence-electron chi connectivity index (χ3n) is 4.38. The lowest BCUT2D eigenvalue weighted by Crippen LogP contribution is -2.44. The first-order chi connectivity index (χ1) is 12.1. The first-order valence-corrected chi connectivity index (χ1v) is 9.55. The highest BCUT2D eigenvalue weighted by Crippen LogP contribution is 2.27. The van der Waals surface area contributed by atoms with E-state index < -0.39 is 0 Å². The molecular formula is C19H32ClIN4O. The lowest BCUT2D eigenvalue weighted by molar-refractivity contribution is 0.179. The van der Waals surface area contributed by atoms with Gasteiger partial charge >= 0.3 is 0 Å². The molecule has 0 aliphatic carbocycles. The maximum atomic E-state index is 6.22. The number of likely N-dealkylation sites (tertiary alicyclic amines) is 1. The molecule has 0 amide bonds. The van der Waals surface area contributed by atoms with Crippen LogP contribution in [0.4, 0.5) is 0 Å². The van der Waals surface area contributed by atoms with Crippen LogP contribution in [0.5, 0.6) is 0 Å². The SMILES string of the molecule is CCNC(=NCC(c1cccc(Cl)c1)N1CCCC1)NC(C)COC.I. The highest BCUT2D eigenvalue weighted by molar-refractivity contribution is 14.0. The van der Waals surface area contributed by atoms with E-state index in [0.717, 1.165) is 30.6 Å². The number of hydrogen-bond donors (Lipinski definition) is 2. The lowest BCUT2D eigenvalue weighted by Gasteiger charge is -2.27. The Hall–Kier alpha value is -0.570. The maximum absolute atomic E-state index is 6.22. The average Bonchev–Trinajstić information content (AvgIpc) is 3.10. The zero-order chi connectivity index (χ0) is 18.1. The lowest BCUT2D eigenvalue weighted by atomic mass is 10.1. The van der Waals surface area contributed by atoms with Crippen molar-refractivity contribution < 1.29 is 4.74 Å². The first kappa shape index (κ1) is 23.5. The van der Waals surface area contributed by atoms with Gasteiger partial charge in [-0.05, 0) is 57.5 Å². The summed E-state index contributed by atoms with van der Waals surface area (Å²) in [6, 6.07) is 8.63. The number of halogens is 2. The normalized spacial score (nSPS) is 17.5. The van der Waals surface area contributed by atoms with Crippen LogP contribution in [-0.2, 0) is 4.74 Å². The van der Waals surface area contributed by atoms with E-state index >= 15 is 0 Å². The fourth-order valence-corrected chi connectivity index (χ4v) is 3.42. The van der Waals surface area contributed by atoms with Gasteiger partial charge in [-0.25, -0.2) is 0 Å². The summed E-state index contributed by atoms with van der Waals surface area (Å²) in [5.74, 6) is 0.832. The van der Waals surface area contributed by atoms with Gasteiger partial charge in [-0.3, -0.25) is 9.89 Å². The fourth-order valence-electron chi connectivity index (χ4n) is 3.22. The molecule has 5 nitrogen and oxygen atoms in total. The first-order valence-electron chi connectivity index (χ1n) is 9.17. The molecule has 1 heterocycles. The molecular weight excluding hydrogens is 463 g/mol. The Morgan fingerprint density at radius 1 is 1.35 bits per heavy atom. The molecule has 0 bridgehead atoms. The van der Waals surface area contributed by atoms with E-state index in [2.05, 4.69) is 41.5 Å². The van der Waals surface area contributed by atoms with Gasteiger partial charge in [0.05, 0.1) is 19.2 Å². The van der Waals surface area contributed by atoms with Crippen LogP contribution in [0.3, 0.4) is 0 Å². The van der Waals surface area contributed by atoms with Crippen molar-refractivity contribution >= 4 is 41.5 Å². The Morgan fingerprint density at radius 2 is 2.08 bits per heavy atom. The predicted octanol–water partition coefficient (Wildman–Crippen LogP) is 3.68. The van der Waals surface area contributed by atoms with Crippen LogP contribution in [0.1, 0.15) is 38.3 Å². The Labute approximate surface area is 179 Å². The van der Waals surface area contributed by atoms with Crippen molar-refractivity contribution in [2.75, 3.05) is 39.9 Å². The number of methoxy groups -OCH3 is 1. The van der Waals surface area contributed by atoms with Crippen molar-refractivity contribution in [2.45, 2.75) is 38.8 Å². The maximum Gasteiger partial charge on any atom is 0.191 e. The molecule has 1 aliphatic rings. The second kappa shape index (κ2) is 12.8. The van der Waals surface area contributed by atoms with Crippen LogP contribution in [0.15, 0.2) is 29.3 Å². The number of hydrogen-bond acceptors (Lipinski definition) is 3. The van der Waals surface area contributed by atoms with E-state index in [1.807, 2.05) is 12.1 Å². The molecule has 2 atom stereocenters. The van der Waals surface area contributed by atoms with Crippen molar-refractivity contribution in [1.82, 2.24) is 15.5 Å². The molecule has 2 unspecified atom stereocenters. The second-order valence-corrected chi connectivity index (χ2v) is 6.97. The van der Waals surface area contributed by atoms with Gasteiger partial charge in [0.25, 0.3) is 0 Å². The quantitative estimate of drug-likeness (QED) is 0.329. The van der Waals surface area contributed by atoms with Crippen LogP contribution >= 0.6 is 35.6 Å². The van der Waals surface area contributed by atoms with E-state index in [9.17, 15) is 0 Å². The summed E-state index contributed by atoms with van der Waals surface area (Å²) < 4.78 is 5.20. The zero-order valence-electron chi connectivity index (χ0n) is 16.0. The largest absolute Gasteiger partial charge is 0.383 e. The number of rotatable bonds is 8. The molecule has 1 fully saturated rings. The third kappa shape index (κ3) is 7.58. The Balaban J connectivity index is 0.00000338. The second-order valence-electron chi connectivity index (χ2n) is 6.53. The molecule has 2 rings (SSSR count). The molecule has 1 saturated heterocycles. The Morgan fingerprint density at radius 3 is 2.69 bits per heavy atom. The standard InChI is InChI=1S/C19H31ClN4O.HI/c1-4-21-19(23-15(2)14-25-3)22-13-18(24-10-5-6-11-24)16-8-7-9-17(20)12-16;/h7-9,12,15,18H,4-6,10-11,13-14H2,1-3H3,(H2,21,22,23);1H. The van der Waals surface area contributed by atoms with Gasteiger partial charge in [-0.1, -0.05) is 23.7 Å². The Bertz CT molecular complexity index is 552. The monoisotopic (exact) mass is 494 g/mol. The molecule has 26 heavy (non-hydrogen) atoms. The van der Waals surface area contributed by atoms with E-state index in [-0.39, 0.29) is 36.1 Å². The van der Waals surface area contributed by atoms with Crippen LogP contribution < -0.4 is 10.6 Å². The van der Waals surface area contributed by atoms with E-state index in [0.29, 0.717) is 13.2 Å². The summed E-state index contributed by atoms with van der Waals surface area (Å²) in [6.07, 6.45) is 2.51. The van der Waals surface area contributed by atoms with Crippen molar-refractivity contribution in [3.63, 3.8) is 0 Å². The van der Waals surface area contributed by atoms with Gasteiger partial charge < -0.3 is 15.4 Å². The molecule has 0 aromatic heterocycles. The average molecular weight is 495 g/mol. The van der Waals surface area contributed by atoms with E-state index in [1.165, 1.54) is 18.4 Å². The number of benzene rings is 1. The number of aliphatic imine (C=N–C) groups is 1. The summed E-state index contributed by atoms with van der Waals surface area (Å²) in [5.41, 5.74) is 1.24. The minimum absolute atomic E-state index is 0. The number of nitrogens with one attached hydrogen (secondary N) is 2. The molecule has 148 valence electrons. The van der Waals surface area contributed by atoms with Crippen molar-refractivity contribution in [1.29, 1.82) is 0 Å². The minimum Gasteiger partial charge on any atom is -0.383 e. The molecule has 0 radical (unpaired) electrons. The highest BCUT2D eigenvalue weighted by Gasteiger charge is 2.23. The molecule has 1 aromatic carbocycles. The summed E-state index contributed by atoms with van der Waals surface area (Å²) in [5, 5.41) is 7.50. The van der Waals surface area contributed by atoms with Crippen LogP contribution in [0, 0.1) is 0 Å². The topological polar surface area (TPSA) is 48.9 Å². The van der Waals surface area contributed by atoms with Crippen LogP contribution in [0.2, 0.25) is 5.02 Å². The van der Waals surface area contributed by atoms with E-state index in [4.69, 9.17) is 21.3 Å². The minimum atomic E-state index is 0. The summed E-state index contributed by atoms with van der Waals surface area (Å²) in [4.78, 5) is 7.35. The van der Waals surface area contributed by atoms with Crippen molar-refractivity contribution in [3.05, 3.63) is 34.9 Å². The highest BCUT2D eigenvalue weighted by atomic mass is 127. The number of guanidine groups is 1. The zero-order valence-corrected chi connectivity index (χ0v) is 19.1. The van der Waals surface area contributed by atoms with Crippen LogP contribution in [-0.4, -0.2) is 56.8 Å². The molecule has 1 aliphatic heterocycles. The smallest absolute Gasteiger partial charge is 0.191 e. The molecule has 0 saturated carbocycles. The third-order valence-corrected chi connectivity index (χ3v) is 4.62. The van der Waals surface area contributed by atoms with Gasteiger partial charge in [0.1, 0.15) is 0 Å². The molecule has 2 N–H and O–H groups in total. The number of ether oxygens (including phenoxy) is 1. The van der Waals surface area contributed by atoms with Gasteiger partial charge in [0.15, 0.2) is 5.96 Å². The summed E-state index contributed by atoms with van der Waals surface area (Å²) >= 11 is 6.22. The molecule has 0 spiro atoms. The van der Waals surface area contributed by atoms with Crippen molar-refractivity contribution in [3.8, 4) is 0 Å². The number of nitrogens with zero attached hydrogens (tertiary/aromatic N) is 2. The summed E-state index contributed by atoms with van der Waals surface area (Å²) in [6.45, 7) is 8.59. The Kier molecular flexibility index (Phi) is 11.5. The fraction of sp³-hybridized carbons (Fsp3) is 0.632. The van der Waals surface area contributed by atoms with Crippen molar-refractivity contribution in [2.24, 2.45) is 4.99 Å². The van der Waals surface area contributed by atoms with Gasteiger partial charge in [-0.2, -0.15) is 0 Å².